The number of carbonyl (C=O) groups is 4. The molecule has 1 aromatic carbocycles. The third-order valence-corrected chi connectivity index (χ3v) is 6.65. The molecule has 8 nitrogen and oxygen atoms in total. The molecule has 0 radical (unpaired) electrons. The number of anilines is 1. The molecule has 1 aromatic rings. The predicted molar refractivity (Wildman–Crippen MR) is 125 cm³/mol. The average molecular weight is 458 g/mol. The second-order valence-corrected chi connectivity index (χ2v) is 10.4. The molecule has 1 aliphatic heterocycles. The molecule has 33 heavy (non-hydrogen) atoms. The number of carbonyl (C=O) groups excluding carboxylic acids is 4. The molecule has 1 saturated heterocycles. The van der Waals surface area contributed by atoms with Gasteiger partial charge in [0.15, 0.2) is 6.61 Å². The second kappa shape index (κ2) is 9.53. The molecular formula is C25H35N3O5. The van der Waals surface area contributed by atoms with Gasteiger partial charge in [-0.3, -0.25) is 19.3 Å². The number of urea groups is 1. The molecule has 1 heterocycles. The predicted octanol–water partition coefficient (Wildman–Crippen LogP) is 3.82. The van der Waals surface area contributed by atoms with E-state index in [1.807, 2.05) is 12.1 Å². The Morgan fingerprint density at radius 3 is 2.48 bits per heavy atom. The lowest BCUT2D eigenvalue weighted by Crippen LogP contribution is -2.54. The summed E-state index contributed by atoms with van der Waals surface area (Å²) in [6.45, 7) is 9.47. The van der Waals surface area contributed by atoms with E-state index in [2.05, 4.69) is 45.3 Å². The highest BCUT2D eigenvalue weighted by Crippen LogP contribution is 2.46. The van der Waals surface area contributed by atoms with Crippen LogP contribution in [0.2, 0.25) is 0 Å². The van der Waals surface area contributed by atoms with Gasteiger partial charge >= 0.3 is 12.0 Å². The fourth-order valence-corrected chi connectivity index (χ4v) is 5.30. The molecule has 2 fully saturated rings. The Labute approximate surface area is 195 Å². The van der Waals surface area contributed by atoms with Crippen LogP contribution in [-0.4, -0.2) is 47.4 Å². The summed E-state index contributed by atoms with van der Waals surface area (Å²) in [4.78, 5) is 50.9. The summed E-state index contributed by atoms with van der Waals surface area (Å²) in [5, 5.41) is 5.50. The third-order valence-electron chi connectivity index (χ3n) is 6.65. The van der Waals surface area contributed by atoms with Gasteiger partial charge in [0.2, 0.25) is 0 Å². The minimum Gasteiger partial charge on any atom is -0.454 e. The van der Waals surface area contributed by atoms with Gasteiger partial charge in [-0.1, -0.05) is 46.8 Å². The van der Waals surface area contributed by atoms with Gasteiger partial charge in [-0.05, 0) is 60.6 Å². The van der Waals surface area contributed by atoms with E-state index < -0.39 is 42.5 Å². The van der Waals surface area contributed by atoms with Gasteiger partial charge in [-0.25, -0.2) is 4.79 Å². The van der Waals surface area contributed by atoms with Crippen molar-refractivity contribution in [3.05, 3.63) is 29.8 Å². The van der Waals surface area contributed by atoms with E-state index in [-0.39, 0.29) is 11.3 Å². The van der Waals surface area contributed by atoms with Crippen LogP contribution in [-0.2, 0) is 19.1 Å². The highest BCUT2D eigenvalue weighted by Gasteiger charge is 2.56. The Bertz CT molecular complexity index is 926. The summed E-state index contributed by atoms with van der Waals surface area (Å²) in [6, 6.07) is 6.93. The highest BCUT2D eigenvalue weighted by molar-refractivity contribution is 6.09. The van der Waals surface area contributed by atoms with Crippen molar-refractivity contribution in [1.29, 1.82) is 0 Å². The summed E-state index contributed by atoms with van der Waals surface area (Å²) in [5.41, 5.74) is 0.719. The maximum absolute atomic E-state index is 13.1. The van der Waals surface area contributed by atoms with Crippen LogP contribution in [0.4, 0.5) is 10.5 Å². The van der Waals surface area contributed by atoms with Crippen LogP contribution in [0.1, 0.15) is 71.8 Å². The molecule has 0 bridgehead atoms. The van der Waals surface area contributed by atoms with Crippen molar-refractivity contribution in [3.8, 4) is 0 Å². The van der Waals surface area contributed by atoms with Crippen LogP contribution in [0.3, 0.4) is 0 Å². The summed E-state index contributed by atoms with van der Waals surface area (Å²) in [7, 11) is 0. The van der Waals surface area contributed by atoms with Gasteiger partial charge in [0.25, 0.3) is 11.8 Å². The van der Waals surface area contributed by atoms with Crippen molar-refractivity contribution >= 4 is 29.5 Å². The maximum atomic E-state index is 13.1. The third kappa shape index (κ3) is 5.72. The molecule has 2 aliphatic rings. The smallest absolute Gasteiger partial charge is 0.326 e. The number of nitrogens with one attached hydrogen (secondary N) is 2. The van der Waals surface area contributed by atoms with E-state index in [9.17, 15) is 19.2 Å². The number of amides is 4. The molecule has 2 N–H and O–H groups in total. The van der Waals surface area contributed by atoms with Crippen molar-refractivity contribution < 1.29 is 23.9 Å². The number of rotatable bonds is 7. The van der Waals surface area contributed by atoms with E-state index >= 15 is 0 Å². The molecule has 3 unspecified atom stereocenters. The van der Waals surface area contributed by atoms with E-state index in [1.54, 1.807) is 12.1 Å². The largest absolute Gasteiger partial charge is 0.454 e. The average Bonchev–Trinajstić information content (AvgIpc) is 2.93. The molecule has 4 amide bonds. The van der Waals surface area contributed by atoms with Crippen LogP contribution in [0.5, 0.6) is 0 Å². The quantitative estimate of drug-likeness (QED) is 0.478. The van der Waals surface area contributed by atoms with Crippen LogP contribution < -0.4 is 10.6 Å². The van der Waals surface area contributed by atoms with E-state index in [4.69, 9.17) is 4.74 Å². The van der Waals surface area contributed by atoms with Crippen molar-refractivity contribution in [1.82, 2.24) is 10.2 Å². The van der Waals surface area contributed by atoms with Crippen molar-refractivity contribution in [2.24, 2.45) is 11.3 Å². The molecule has 1 saturated carbocycles. The minimum absolute atomic E-state index is 0.0952. The van der Waals surface area contributed by atoms with E-state index in [0.29, 0.717) is 24.4 Å². The molecule has 0 aromatic heterocycles. The number of hydrogen-bond acceptors (Lipinski definition) is 5. The Morgan fingerprint density at radius 1 is 1.21 bits per heavy atom. The first kappa shape index (κ1) is 24.7. The Hall–Kier alpha value is -2.90. The number of hydrogen-bond donors (Lipinski definition) is 2. The summed E-state index contributed by atoms with van der Waals surface area (Å²) in [6.07, 6.45) is 3.07. The van der Waals surface area contributed by atoms with Gasteiger partial charge in [0.05, 0.1) is 0 Å². The van der Waals surface area contributed by atoms with Crippen LogP contribution in [0, 0.1) is 11.3 Å². The van der Waals surface area contributed by atoms with Gasteiger partial charge < -0.3 is 15.4 Å². The molecule has 8 heteroatoms. The number of benzene rings is 1. The zero-order valence-corrected chi connectivity index (χ0v) is 20.2. The van der Waals surface area contributed by atoms with Crippen LogP contribution >= 0.6 is 0 Å². The molecule has 1 aliphatic carbocycles. The first-order chi connectivity index (χ1) is 15.4. The first-order valence-electron chi connectivity index (χ1n) is 11.6. The van der Waals surface area contributed by atoms with Crippen molar-refractivity contribution in [2.75, 3.05) is 18.5 Å². The van der Waals surface area contributed by atoms with E-state index in [1.165, 1.54) is 5.56 Å². The number of ether oxygens (including phenoxy) is 1. The van der Waals surface area contributed by atoms with Gasteiger partial charge in [0.1, 0.15) is 12.1 Å². The molecule has 1 spiro atoms. The van der Waals surface area contributed by atoms with Crippen LogP contribution in [0.15, 0.2) is 24.3 Å². The summed E-state index contributed by atoms with van der Waals surface area (Å²) in [5.74, 6) is -0.983. The van der Waals surface area contributed by atoms with E-state index in [0.717, 1.165) is 17.7 Å². The lowest BCUT2D eigenvalue weighted by atomic mass is 9.64. The highest BCUT2D eigenvalue weighted by atomic mass is 16.5. The standard InChI is InChI=1S/C25H35N3O5/c1-6-17(3)18-7-9-19(10-8-18)26-20(29)14-33-21(30)13-28-22(31)25(27-23(28)32)12-16(2)11-24(4,5)15-25/h7-10,16-17H,6,11-15H2,1-5H3,(H,26,29)(H,27,32). The topological polar surface area (TPSA) is 105 Å². The second-order valence-electron chi connectivity index (χ2n) is 10.4. The van der Waals surface area contributed by atoms with Crippen molar-refractivity contribution in [3.63, 3.8) is 0 Å². The summed E-state index contributed by atoms with van der Waals surface area (Å²) >= 11 is 0. The maximum Gasteiger partial charge on any atom is 0.326 e. The zero-order chi connectivity index (χ0) is 24.4. The van der Waals surface area contributed by atoms with Crippen LogP contribution in [0.25, 0.3) is 0 Å². The number of esters is 1. The minimum atomic E-state index is -0.975. The SMILES string of the molecule is CCC(C)c1ccc(NC(=O)COC(=O)CN2C(=O)NC3(CC(C)CC(C)(C)C3)C2=O)cc1. The fraction of sp³-hybridized carbons (Fsp3) is 0.600. The number of imide groups is 1. The molecule has 3 atom stereocenters. The lowest BCUT2D eigenvalue weighted by Gasteiger charge is -2.43. The van der Waals surface area contributed by atoms with Gasteiger partial charge in [-0.15, -0.1) is 0 Å². The summed E-state index contributed by atoms with van der Waals surface area (Å²) < 4.78 is 5.03. The molecular weight excluding hydrogens is 422 g/mol. The Kier molecular flexibility index (Phi) is 7.14. The zero-order valence-electron chi connectivity index (χ0n) is 20.2. The number of nitrogens with zero attached hydrogens (tertiary/aromatic N) is 1. The normalized spacial score (nSPS) is 25.0. The Balaban J connectivity index is 1.52. The lowest BCUT2D eigenvalue weighted by molar-refractivity contribution is -0.150. The van der Waals surface area contributed by atoms with Gasteiger partial charge in [0, 0.05) is 5.69 Å². The Morgan fingerprint density at radius 2 is 1.88 bits per heavy atom. The molecule has 180 valence electrons. The molecule has 3 rings (SSSR count). The monoisotopic (exact) mass is 457 g/mol. The van der Waals surface area contributed by atoms with Gasteiger partial charge in [-0.2, -0.15) is 0 Å². The first-order valence-corrected chi connectivity index (χ1v) is 11.6. The van der Waals surface area contributed by atoms with Crippen molar-refractivity contribution in [2.45, 2.75) is 71.8 Å². The fourth-order valence-electron chi connectivity index (χ4n) is 5.30.